The Hall–Kier alpha value is -2.58. The van der Waals surface area contributed by atoms with Gasteiger partial charge in [0.1, 0.15) is 0 Å². The van der Waals surface area contributed by atoms with E-state index < -0.39 is 0 Å². The molecule has 142 valence electrons. The molecule has 0 radical (unpaired) electrons. The summed E-state index contributed by atoms with van der Waals surface area (Å²) in [5.74, 6) is 0.517. The van der Waals surface area contributed by atoms with E-state index in [1.54, 1.807) is 0 Å². The van der Waals surface area contributed by atoms with Crippen LogP contribution in [0.25, 0.3) is 22.2 Å². The van der Waals surface area contributed by atoms with Gasteiger partial charge in [0.05, 0.1) is 11.2 Å². The molecule has 3 aromatic carbocycles. The smallest absolute Gasteiger partial charge is 0.0712 e. The molecule has 1 aliphatic heterocycles. The molecule has 29 heavy (non-hydrogen) atoms. The number of nitrogens with zero attached hydrogens (tertiary/aromatic N) is 1. The number of pyridine rings is 1. The molecule has 0 saturated carbocycles. The van der Waals surface area contributed by atoms with E-state index in [2.05, 4.69) is 93.6 Å². The molecule has 2 heterocycles. The van der Waals surface area contributed by atoms with Crippen LogP contribution in [0.4, 0.5) is 0 Å². The highest BCUT2D eigenvalue weighted by Crippen LogP contribution is 2.67. The minimum absolute atomic E-state index is 0.0696. The van der Waals surface area contributed by atoms with Crippen LogP contribution in [0.15, 0.2) is 77.7 Å². The normalized spacial score (nSPS) is 21.1. The summed E-state index contributed by atoms with van der Waals surface area (Å²) < 4.78 is 0. The molecule has 2 aliphatic rings. The van der Waals surface area contributed by atoms with Gasteiger partial charge in [0.25, 0.3) is 0 Å². The zero-order valence-electron chi connectivity index (χ0n) is 16.9. The van der Waals surface area contributed by atoms with Crippen LogP contribution in [0, 0.1) is 6.92 Å². The molecule has 1 aromatic heterocycles. The molecule has 1 nitrogen and oxygen atoms in total. The van der Waals surface area contributed by atoms with Crippen molar-refractivity contribution < 1.29 is 0 Å². The van der Waals surface area contributed by atoms with E-state index in [0.717, 1.165) is 11.2 Å². The SMILES string of the molecule is Cc1ccc2nc(-c3cccc4c3C(C)(C)C3c5ccccc5SC43)ccc2c1. The summed E-state index contributed by atoms with van der Waals surface area (Å²) in [7, 11) is 0. The van der Waals surface area contributed by atoms with Crippen molar-refractivity contribution in [2.24, 2.45) is 0 Å². The number of fused-ring (bicyclic) bond motifs is 6. The van der Waals surface area contributed by atoms with Gasteiger partial charge in [-0.1, -0.05) is 67.9 Å². The van der Waals surface area contributed by atoms with E-state index >= 15 is 0 Å². The number of aromatic nitrogens is 1. The minimum atomic E-state index is 0.0696. The molecule has 2 unspecified atom stereocenters. The van der Waals surface area contributed by atoms with Gasteiger partial charge < -0.3 is 0 Å². The Balaban J connectivity index is 1.55. The summed E-state index contributed by atoms with van der Waals surface area (Å²) in [5, 5.41) is 1.71. The third kappa shape index (κ3) is 2.39. The van der Waals surface area contributed by atoms with Gasteiger partial charge in [-0.15, -0.1) is 11.8 Å². The zero-order valence-corrected chi connectivity index (χ0v) is 17.8. The molecular formula is C27H23NS. The molecule has 0 saturated heterocycles. The molecular weight excluding hydrogens is 370 g/mol. The van der Waals surface area contributed by atoms with Crippen molar-refractivity contribution in [3.63, 3.8) is 0 Å². The van der Waals surface area contributed by atoms with E-state index in [-0.39, 0.29) is 5.41 Å². The number of thioether (sulfide) groups is 1. The minimum Gasteiger partial charge on any atom is -0.248 e. The predicted molar refractivity (Wildman–Crippen MR) is 123 cm³/mol. The van der Waals surface area contributed by atoms with Gasteiger partial charge in [-0.05, 0) is 53.3 Å². The van der Waals surface area contributed by atoms with Crippen LogP contribution in [0.2, 0.25) is 0 Å². The van der Waals surface area contributed by atoms with Crippen molar-refractivity contribution in [3.05, 3.63) is 95.1 Å². The highest BCUT2D eigenvalue weighted by molar-refractivity contribution is 8.00. The molecule has 0 fully saturated rings. The van der Waals surface area contributed by atoms with Gasteiger partial charge in [0.15, 0.2) is 0 Å². The molecule has 2 heteroatoms. The fourth-order valence-electron chi connectivity index (χ4n) is 5.51. The molecule has 0 N–H and O–H groups in total. The number of benzene rings is 3. The second-order valence-electron chi connectivity index (χ2n) is 8.94. The maximum Gasteiger partial charge on any atom is 0.0712 e. The molecule has 4 aromatic rings. The highest BCUT2D eigenvalue weighted by Gasteiger charge is 2.52. The summed E-state index contributed by atoms with van der Waals surface area (Å²) in [4.78, 5) is 6.51. The monoisotopic (exact) mass is 393 g/mol. The third-order valence-corrected chi connectivity index (χ3v) is 8.16. The fourth-order valence-corrected chi connectivity index (χ4v) is 7.22. The Labute approximate surface area is 176 Å². The van der Waals surface area contributed by atoms with Crippen LogP contribution >= 0.6 is 11.8 Å². The maximum absolute atomic E-state index is 5.06. The largest absolute Gasteiger partial charge is 0.248 e. The topological polar surface area (TPSA) is 12.9 Å². The fraction of sp³-hybridized carbons (Fsp3) is 0.222. The number of hydrogen-bond acceptors (Lipinski definition) is 2. The Morgan fingerprint density at radius 1 is 0.862 bits per heavy atom. The quantitative estimate of drug-likeness (QED) is 0.333. The van der Waals surface area contributed by atoms with E-state index in [4.69, 9.17) is 4.98 Å². The van der Waals surface area contributed by atoms with Gasteiger partial charge in [-0.2, -0.15) is 0 Å². The van der Waals surface area contributed by atoms with Crippen LogP contribution in [0.5, 0.6) is 0 Å². The average molecular weight is 394 g/mol. The first-order chi connectivity index (χ1) is 14.0. The molecule has 1 aliphatic carbocycles. The Bertz CT molecular complexity index is 1290. The first-order valence-corrected chi connectivity index (χ1v) is 11.2. The lowest BCUT2D eigenvalue weighted by atomic mass is 9.73. The molecule has 0 amide bonds. The Morgan fingerprint density at radius 3 is 2.59 bits per heavy atom. The van der Waals surface area contributed by atoms with Gasteiger partial charge in [0.2, 0.25) is 0 Å². The lowest BCUT2D eigenvalue weighted by molar-refractivity contribution is 0.446. The van der Waals surface area contributed by atoms with Gasteiger partial charge in [0, 0.05) is 27.0 Å². The molecule has 2 atom stereocenters. The lowest BCUT2D eigenvalue weighted by Crippen LogP contribution is -2.22. The predicted octanol–water partition coefficient (Wildman–Crippen LogP) is 7.43. The average Bonchev–Trinajstić information content (AvgIpc) is 3.22. The van der Waals surface area contributed by atoms with Crippen LogP contribution in [0.3, 0.4) is 0 Å². The van der Waals surface area contributed by atoms with Gasteiger partial charge >= 0.3 is 0 Å². The van der Waals surface area contributed by atoms with Gasteiger partial charge in [-0.3, -0.25) is 0 Å². The Morgan fingerprint density at radius 2 is 1.69 bits per heavy atom. The van der Waals surface area contributed by atoms with Crippen molar-refractivity contribution in [3.8, 4) is 11.3 Å². The zero-order chi connectivity index (χ0) is 19.8. The summed E-state index contributed by atoms with van der Waals surface area (Å²) in [6, 6.07) is 26.7. The lowest BCUT2D eigenvalue weighted by Gasteiger charge is -2.29. The summed E-state index contributed by atoms with van der Waals surface area (Å²) >= 11 is 2.04. The summed E-state index contributed by atoms with van der Waals surface area (Å²) in [5.41, 5.74) is 9.28. The standard InChI is InChI=1S/C27H23NS/c1-16-11-13-21-17(15-16)12-14-22(28-21)18-8-6-9-20-24(18)27(2,3)25-19-7-4-5-10-23(19)29-26(20)25/h4-15,25-26H,1-3H3. The van der Waals surface area contributed by atoms with E-state index in [9.17, 15) is 0 Å². The Kier molecular flexibility index (Phi) is 3.56. The van der Waals surface area contributed by atoms with Crippen molar-refractivity contribution in [1.82, 2.24) is 4.98 Å². The number of hydrogen-bond donors (Lipinski definition) is 0. The van der Waals surface area contributed by atoms with Gasteiger partial charge in [-0.25, -0.2) is 4.98 Å². The number of aryl methyl sites for hydroxylation is 1. The van der Waals surface area contributed by atoms with E-state index in [0.29, 0.717) is 11.2 Å². The second-order valence-corrected chi connectivity index (χ2v) is 10.1. The molecule has 0 spiro atoms. The molecule has 0 bridgehead atoms. The van der Waals surface area contributed by atoms with Crippen molar-refractivity contribution >= 4 is 22.7 Å². The third-order valence-electron chi connectivity index (χ3n) is 6.76. The van der Waals surface area contributed by atoms with Crippen LogP contribution < -0.4 is 0 Å². The van der Waals surface area contributed by atoms with E-state index in [1.807, 2.05) is 11.8 Å². The summed E-state index contributed by atoms with van der Waals surface area (Å²) in [6.07, 6.45) is 0. The molecule has 6 rings (SSSR count). The van der Waals surface area contributed by atoms with Crippen LogP contribution in [-0.4, -0.2) is 4.98 Å². The first-order valence-electron chi connectivity index (χ1n) is 10.3. The van der Waals surface area contributed by atoms with Crippen molar-refractivity contribution in [2.45, 2.75) is 42.2 Å². The van der Waals surface area contributed by atoms with E-state index in [1.165, 1.54) is 38.1 Å². The maximum atomic E-state index is 5.06. The van der Waals surface area contributed by atoms with Crippen LogP contribution in [-0.2, 0) is 5.41 Å². The van der Waals surface area contributed by atoms with Crippen LogP contribution in [0.1, 0.15) is 47.3 Å². The van der Waals surface area contributed by atoms with Crippen molar-refractivity contribution in [1.29, 1.82) is 0 Å². The van der Waals surface area contributed by atoms with Crippen molar-refractivity contribution in [2.75, 3.05) is 0 Å². The highest BCUT2D eigenvalue weighted by atomic mass is 32.2. The summed E-state index contributed by atoms with van der Waals surface area (Å²) in [6.45, 7) is 6.98. The second kappa shape index (κ2) is 5.96. The first kappa shape index (κ1) is 17.3. The number of rotatable bonds is 1.